The minimum atomic E-state index is -0.143. The number of amides is 2. The third-order valence-corrected chi connectivity index (χ3v) is 6.77. The number of nitrogens with one attached hydrogen (secondary N) is 1. The molecule has 1 N–H and O–H groups in total. The molecule has 1 saturated carbocycles. The number of aromatic nitrogens is 3. The second-order valence-electron chi connectivity index (χ2n) is 8.74. The summed E-state index contributed by atoms with van der Waals surface area (Å²) >= 11 is 7.40. The number of thioether (sulfide) groups is 1. The van der Waals surface area contributed by atoms with Gasteiger partial charge in [0.2, 0.25) is 11.8 Å². The molecule has 178 valence electrons. The van der Waals surface area contributed by atoms with Gasteiger partial charge in [-0.2, -0.15) is 0 Å². The summed E-state index contributed by atoms with van der Waals surface area (Å²) in [6, 6.07) is 15.9. The fourth-order valence-corrected chi connectivity index (χ4v) is 4.60. The van der Waals surface area contributed by atoms with E-state index in [9.17, 15) is 9.59 Å². The van der Waals surface area contributed by atoms with Crippen molar-refractivity contribution in [2.75, 3.05) is 19.3 Å². The molecule has 0 radical (unpaired) electrons. The SMILES string of the molecule is CC(C)c1ccccc1-n1c(SCC(=O)N(C)CC(=O)NC2CC2)nnc1-c1ccc(Cl)cc1. The lowest BCUT2D eigenvalue weighted by Gasteiger charge is -2.18. The molecular weight excluding hydrogens is 470 g/mol. The fraction of sp³-hybridized carbons (Fsp3) is 0.360. The Hall–Kier alpha value is -2.84. The van der Waals surface area contributed by atoms with Gasteiger partial charge >= 0.3 is 0 Å². The zero-order chi connectivity index (χ0) is 24.2. The highest BCUT2D eigenvalue weighted by molar-refractivity contribution is 7.99. The number of benzene rings is 2. The van der Waals surface area contributed by atoms with E-state index in [2.05, 4.69) is 35.4 Å². The van der Waals surface area contributed by atoms with Crippen LogP contribution in [0.2, 0.25) is 5.02 Å². The van der Waals surface area contributed by atoms with Crippen molar-refractivity contribution in [3.63, 3.8) is 0 Å². The van der Waals surface area contributed by atoms with E-state index in [1.807, 2.05) is 47.0 Å². The van der Waals surface area contributed by atoms with Crippen LogP contribution in [0.3, 0.4) is 0 Å². The topological polar surface area (TPSA) is 80.1 Å². The van der Waals surface area contributed by atoms with Crippen molar-refractivity contribution in [1.29, 1.82) is 0 Å². The summed E-state index contributed by atoms with van der Waals surface area (Å²) in [5, 5.41) is 13.1. The molecule has 0 unspecified atom stereocenters. The molecule has 2 aromatic carbocycles. The molecule has 1 aromatic heterocycles. The van der Waals surface area contributed by atoms with Crippen LogP contribution in [-0.4, -0.2) is 56.9 Å². The van der Waals surface area contributed by atoms with E-state index in [0.717, 1.165) is 29.7 Å². The Bertz CT molecular complexity index is 1170. The summed E-state index contributed by atoms with van der Waals surface area (Å²) < 4.78 is 2.00. The smallest absolute Gasteiger partial charge is 0.239 e. The molecule has 0 atom stereocenters. The highest BCUT2D eigenvalue weighted by atomic mass is 35.5. The fourth-order valence-electron chi connectivity index (χ4n) is 3.59. The zero-order valence-electron chi connectivity index (χ0n) is 19.5. The van der Waals surface area contributed by atoms with Gasteiger partial charge in [-0.05, 0) is 54.7 Å². The van der Waals surface area contributed by atoms with Gasteiger partial charge in [0, 0.05) is 23.7 Å². The Labute approximate surface area is 208 Å². The molecule has 7 nitrogen and oxygen atoms in total. The van der Waals surface area contributed by atoms with Gasteiger partial charge in [0.05, 0.1) is 18.0 Å². The van der Waals surface area contributed by atoms with Crippen molar-refractivity contribution in [3.05, 3.63) is 59.1 Å². The molecule has 34 heavy (non-hydrogen) atoms. The van der Waals surface area contributed by atoms with Crippen LogP contribution in [0.5, 0.6) is 0 Å². The number of carbonyl (C=O) groups is 2. The normalized spacial score (nSPS) is 13.2. The van der Waals surface area contributed by atoms with Crippen molar-refractivity contribution < 1.29 is 9.59 Å². The number of carbonyl (C=O) groups excluding carboxylic acids is 2. The van der Waals surface area contributed by atoms with E-state index in [0.29, 0.717) is 16.0 Å². The van der Waals surface area contributed by atoms with Gasteiger partial charge in [-0.3, -0.25) is 14.2 Å². The third kappa shape index (κ3) is 5.80. The highest BCUT2D eigenvalue weighted by Gasteiger charge is 2.25. The van der Waals surface area contributed by atoms with Gasteiger partial charge in [0.1, 0.15) is 0 Å². The molecule has 1 heterocycles. The molecule has 3 aromatic rings. The summed E-state index contributed by atoms with van der Waals surface area (Å²) in [7, 11) is 1.65. The van der Waals surface area contributed by atoms with E-state index in [-0.39, 0.29) is 36.1 Å². The quantitative estimate of drug-likeness (QED) is 0.439. The second kappa shape index (κ2) is 10.6. The summed E-state index contributed by atoms with van der Waals surface area (Å²) in [5.74, 6) is 0.845. The minimum Gasteiger partial charge on any atom is -0.352 e. The van der Waals surface area contributed by atoms with Gasteiger partial charge in [0.25, 0.3) is 0 Å². The van der Waals surface area contributed by atoms with Crippen molar-refractivity contribution in [2.45, 2.75) is 43.8 Å². The van der Waals surface area contributed by atoms with Crippen molar-refractivity contribution in [3.8, 4) is 17.1 Å². The van der Waals surface area contributed by atoms with E-state index in [1.54, 1.807) is 7.05 Å². The molecule has 1 aliphatic carbocycles. The van der Waals surface area contributed by atoms with Gasteiger partial charge in [0.15, 0.2) is 11.0 Å². The standard InChI is InChI=1S/C25H28ClN5O2S/c1-16(2)20-6-4-5-7-21(20)31-24(17-8-10-18(26)11-9-17)28-29-25(31)34-15-23(33)30(3)14-22(32)27-19-12-13-19/h4-11,16,19H,12-15H2,1-3H3,(H,27,32). The number of nitrogens with zero attached hydrogens (tertiary/aromatic N) is 4. The van der Waals surface area contributed by atoms with E-state index in [4.69, 9.17) is 11.6 Å². The number of halogens is 1. The highest BCUT2D eigenvalue weighted by Crippen LogP contribution is 2.32. The maximum absolute atomic E-state index is 12.7. The van der Waals surface area contributed by atoms with Crippen LogP contribution in [-0.2, 0) is 9.59 Å². The number of likely N-dealkylation sites (N-methyl/N-ethyl adjacent to an activating group) is 1. The number of hydrogen-bond acceptors (Lipinski definition) is 5. The van der Waals surface area contributed by atoms with Crippen LogP contribution in [0.15, 0.2) is 53.7 Å². The van der Waals surface area contributed by atoms with Crippen molar-refractivity contribution in [2.24, 2.45) is 0 Å². The minimum absolute atomic E-state index is 0.0504. The number of para-hydroxylation sites is 1. The average molecular weight is 498 g/mol. The van der Waals surface area contributed by atoms with Crippen LogP contribution in [0.25, 0.3) is 17.1 Å². The molecule has 0 spiro atoms. The van der Waals surface area contributed by atoms with Crippen LogP contribution < -0.4 is 5.32 Å². The van der Waals surface area contributed by atoms with Gasteiger partial charge in [-0.15, -0.1) is 10.2 Å². The summed E-state index contributed by atoms with van der Waals surface area (Å²) in [6.45, 7) is 4.33. The summed E-state index contributed by atoms with van der Waals surface area (Å²) in [5.41, 5.74) is 3.00. The largest absolute Gasteiger partial charge is 0.352 e. The van der Waals surface area contributed by atoms with Gasteiger partial charge < -0.3 is 10.2 Å². The molecule has 0 bridgehead atoms. The first-order valence-corrected chi connectivity index (χ1v) is 12.7. The lowest BCUT2D eigenvalue weighted by Crippen LogP contribution is -2.39. The first-order chi connectivity index (χ1) is 16.3. The zero-order valence-corrected chi connectivity index (χ0v) is 21.1. The molecule has 4 rings (SSSR count). The van der Waals surface area contributed by atoms with Crippen molar-refractivity contribution in [1.82, 2.24) is 25.0 Å². The summed E-state index contributed by atoms with van der Waals surface area (Å²) in [4.78, 5) is 26.3. The predicted molar refractivity (Wildman–Crippen MR) is 135 cm³/mol. The Morgan fingerprint density at radius 1 is 1.15 bits per heavy atom. The Balaban J connectivity index is 1.59. The lowest BCUT2D eigenvalue weighted by atomic mass is 10.0. The molecule has 9 heteroatoms. The van der Waals surface area contributed by atoms with Gasteiger partial charge in [-0.1, -0.05) is 55.4 Å². The number of hydrogen-bond donors (Lipinski definition) is 1. The Kier molecular flexibility index (Phi) is 7.58. The van der Waals surface area contributed by atoms with Crippen LogP contribution in [0.4, 0.5) is 0 Å². The number of rotatable bonds is 9. The van der Waals surface area contributed by atoms with E-state index in [1.165, 1.54) is 16.7 Å². The van der Waals surface area contributed by atoms with Crippen molar-refractivity contribution >= 4 is 35.2 Å². The van der Waals surface area contributed by atoms with Crippen LogP contribution in [0, 0.1) is 0 Å². The first-order valence-electron chi connectivity index (χ1n) is 11.3. The maximum Gasteiger partial charge on any atom is 0.239 e. The van der Waals surface area contributed by atoms with E-state index < -0.39 is 0 Å². The first kappa shape index (κ1) is 24.3. The Morgan fingerprint density at radius 3 is 2.53 bits per heavy atom. The van der Waals surface area contributed by atoms with Gasteiger partial charge in [-0.25, -0.2) is 0 Å². The summed E-state index contributed by atoms with van der Waals surface area (Å²) in [6.07, 6.45) is 2.03. The van der Waals surface area contributed by atoms with E-state index >= 15 is 0 Å². The molecule has 0 saturated heterocycles. The third-order valence-electron chi connectivity index (χ3n) is 5.61. The van der Waals surface area contributed by atoms with Crippen LogP contribution >= 0.6 is 23.4 Å². The second-order valence-corrected chi connectivity index (χ2v) is 10.1. The Morgan fingerprint density at radius 2 is 1.85 bits per heavy atom. The average Bonchev–Trinajstić information content (AvgIpc) is 3.53. The van der Waals surface area contributed by atoms with Crippen LogP contribution in [0.1, 0.15) is 38.2 Å². The predicted octanol–water partition coefficient (Wildman–Crippen LogP) is 4.54. The molecule has 1 aliphatic rings. The maximum atomic E-state index is 12.7. The molecular formula is C25H28ClN5O2S. The molecule has 2 amide bonds. The molecule has 1 fully saturated rings. The monoisotopic (exact) mass is 497 g/mol. The lowest BCUT2D eigenvalue weighted by molar-refractivity contribution is -0.132. The molecule has 0 aliphatic heterocycles.